The van der Waals surface area contributed by atoms with Crippen LogP contribution in [-0.2, 0) is 0 Å². The molecule has 0 aliphatic carbocycles. The molecule has 1 amide bonds. The molecule has 0 fully saturated rings. The summed E-state index contributed by atoms with van der Waals surface area (Å²) in [6.07, 6.45) is 2.03. The molecule has 0 atom stereocenters. The van der Waals surface area contributed by atoms with Gasteiger partial charge in [0, 0.05) is 4.47 Å². The Kier molecular flexibility index (Phi) is 5.81. The van der Waals surface area contributed by atoms with Gasteiger partial charge in [0.05, 0.1) is 17.9 Å². The van der Waals surface area contributed by atoms with E-state index in [0.717, 1.165) is 23.0 Å². The molecule has 0 aliphatic rings. The van der Waals surface area contributed by atoms with Crippen molar-refractivity contribution in [1.29, 1.82) is 0 Å². The summed E-state index contributed by atoms with van der Waals surface area (Å²) in [6.45, 7) is 2.73. The van der Waals surface area contributed by atoms with Gasteiger partial charge in [-0.15, -0.1) is 0 Å². The SMILES string of the molecule is CCCCOc1ccccc1C(=O)Nc1ccccc1Br. The molecule has 0 saturated carbocycles. The summed E-state index contributed by atoms with van der Waals surface area (Å²) in [5.41, 5.74) is 1.29. The molecule has 0 unspecified atom stereocenters. The number of hydrogen-bond acceptors (Lipinski definition) is 2. The molecule has 0 heterocycles. The summed E-state index contributed by atoms with van der Waals surface area (Å²) in [4.78, 5) is 12.4. The molecular weight excluding hydrogens is 330 g/mol. The zero-order valence-electron chi connectivity index (χ0n) is 11.9. The number of hydrogen-bond donors (Lipinski definition) is 1. The Balaban J connectivity index is 2.13. The highest BCUT2D eigenvalue weighted by Crippen LogP contribution is 2.24. The summed E-state index contributed by atoms with van der Waals surface area (Å²) in [5, 5.41) is 2.89. The molecule has 3 nitrogen and oxygen atoms in total. The van der Waals surface area contributed by atoms with E-state index in [2.05, 4.69) is 28.2 Å². The van der Waals surface area contributed by atoms with Gasteiger partial charge in [-0.05, 0) is 46.6 Å². The number of carbonyl (C=O) groups excluding carboxylic acids is 1. The Hall–Kier alpha value is -1.81. The second-order valence-corrected chi connectivity index (χ2v) is 5.49. The fraction of sp³-hybridized carbons (Fsp3) is 0.235. The number of unbranched alkanes of at least 4 members (excludes halogenated alkanes) is 1. The van der Waals surface area contributed by atoms with Crippen LogP contribution in [0.15, 0.2) is 53.0 Å². The van der Waals surface area contributed by atoms with E-state index in [1.165, 1.54) is 0 Å². The van der Waals surface area contributed by atoms with E-state index >= 15 is 0 Å². The Morgan fingerprint density at radius 1 is 1.14 bits per heavy atom. The fourth-order valence-electron chi connectivity index (χ4n) is 1.86. The lowest BCUT2D eigenvalue weighted by atomic mass is 10.2. The number of ether oxygens (including phenoxy) is 1. The van der Waals surface area contributed by atoms with Gasteiger partial charge in [-0.1, -0.05) is 37.6 Å². The van der Waals surface area contributed by atoms with Crippen LogP contribution in [-0.4, -0.2) is 12.5 Å². The van der Waals surface area contributed by atoms with Crippen LogP contribution in [0.5, 0.6) is 5.75 Å². The van der Waals surface area contributed by atoms with Crippen molar-refractivity contribution in [2.75, 3.05) is 11.9 Å². The highest BCUT2D eigenvalue weighted by atomic mass is 79.9. The van der Waals surface area contributed by atoms with Crippen LogP contribution < -0.4 is 10.1 Å². The standard InChI is InChI=1S/C17H18BrNO2/c1-2-3-12-21-16-11-7-4-8-13(16)17(20)19-15-10-6-5-9-14(15)18/h4-11H,2-3,12H2,1H3,(H,19,20). The number of nitrogens with one attached hydrogen (secondary N) is 1. The van der Waals surface area contributed by atoms with Crippen LogP contribution in [0.3, 0.4) is 0 Å². The van der Waals surface area contributed by atoms with Crippen molar-refractivity contribution >= 4 is 27.5 Å². The number of para-hydroxylation sites is 2. The van der Waals surface area contributed by atoms with Crippen molar-refractivity contribution in [2.24, 2.45) is 0 Å². The van der Waals surface area contributed by atoms with E-state index in [1.54, 1.807) is 6.07 Å². The van der Waals surface area contributed by atoms with Crippen molar-refractivity contribution in [3.63, 3.8) is 0 Å². The lowest BCUT2D eigenvalue weighted by Crippen LogP contribution is -2.14. The predicted octanol–water partition coefficient (Wildman–Crippen LogP) is 4.88. The van der Waals surface area contributed by atoms with E-state index in [0.29, 0.717) is 17.9 Å². The van der Waals surface area contributed by atoms with Gasteiger partial charge >= 0.3 is 0 Å². The first kappa shape index (κ1) is 15.6. The lowest BCUT2D eigenvalue weighted by molar-refractivity contribution is 0.102. The zero-order valence-corrected chi connectivity index (χ0v) is 13.5. The molecule has 0 spiro atoms. The van der Waals surface area contributed by atoms with Crippen molar-refractivity contribution in [2.45, 2.75) is 19.8 Å². The van der Waals surface area contributed by atoms with Gasteiger partial charge in [0.15, 0.2) is 0 Å². The van der Waals surface area contributed by atoms with E-state index in [9.17, 15) is 4.79 Å². The van der Waals surface area contributed by atoms with Crippen LogP contribution in [0.4, 0.5) is 5.69 Å². The predicted molar refractivity (Wildman–Crippen MR) is 88.9 cm³/mol. The number of benzene rings is 2. The Morgan fingerprint density at radius 2 is 1.86 bits per heavy atom. The summed E-state index contributed by atoms with van der Waals surface area (Å²) < 4.78 is 6.54. The van der Waals surface area contributed by atoms with Crippen molar-refractivity contribution in [3.05, 3.63) is 58.6 Å². The molecule has 0 saturated heterocycles. The monoisotopic (exact) mass is 347 g/mol. The number of amides is 1. The molecule has 1 N–H and O–H groups in total. The number of anilines is 1. The van der Waals surface area contributed by atoms with Gasteiger partial charge in [0.1, 0.15) is 5.75 Å². The van der Waals surface area contributed by atoms with Gasteiger partial charge in [-0.25, -0.2) is 0 Å². The highest BCUT2D eigenvalue weighted by molar-refractivity contribution is 9.10. The lowest BCUT2D eigenvalue weighted by Gasteiger charge is -2.12. The molecule has 0 bridgehead atoms. The first-order valence-corrected chi connectivity index (χ1v) is 7.79. The molecule has 0 aliphatic heterocycles. The van der Waals surface area contributed by atoms with Crippen LogP contribution in [0, 0.1) is 0 Å². The molecular formula is C17H18BrNO2. The minimum Gasteiger partial charge on any atom is -0.493 e. The molecule has 2 rings (SSSR count). The van der Waals surface area contributed by atoms with E-state index in [1.807, 2.05) is 42.5 Å². The number of rotatable bonds is 6. The molecule has 21 heavy (non-hydrogen) atoms. The molecule has 0 aromatic heterocycles. The minimum atomic E-state index is -0.172. The van der Waals surface area contributed by atoms with E-state index < -0.39 is 0 Å². The van der Waals surface area contributed by atoms with Gasteiger partial charge in [-0.2, -0.15) is 0 Å². The molecule has 2 aromatic rings. The summed E-state index contributed by atoms with van der Waals surface area (Å²) in [7, 11) is 0. The second-order valence-electron chi connectivity index (χ2n) is 4.63. The van der Waals surface area contributed by atoms with Crippen LogP contribution in [0.25, 0.3) is 0 Å². The van der Waals surface area contributed by atoms with Crippen LogP contribution in [0.2, 0.25) is 0 Å². The first-order chi connectivity index (χ1) is 10.2. The van der Waals surface area contributed by atoms with Gasteiger partial charge in [0.2, 0.25) is 0 Å². The number of carbonyl (C=O) groups is 1. The van der Waals surface area contributed by atoms with Crippen LogP contribution >= 0.6 is 15.9 Å². The maximum atomic E-state index is 12.4. The van der Waals surface area contributed by atoms with E-state index in [-0.39, 0.29) is 5.91 Å². The fourth-order valence-corrected chi connectivity index (χ4v) is 2.24. The smallest absolute Gasteiger partial charge is 0.259 e. The topological polar surface area (TPSA) is 38.3 Å². The maximum Gasteiger partial charge on any atom is 0.259 e. The van der Waals surface area contributed by atoms with Gasteiger partial charge in [0.25, 0.3) is 5.91 Å². The highest BCUT2D eigenvalue weighted by Gasteiger charge is 2.13. The molecule has 4 heteroatoms. The minimum absolute atomic E-state index is 0.172. The number of halogens is 1. The summed E-state index contributed by atoms with van der Waals surface area (Å²) in [5.74, 6) is 0.449. The third-order valence-corrected chi connectivity index (χ3v) is 3.70. The largest absolute Gasteiger partial charge is 0.493 e. The zero-order chi connectivity index (χ0) is 15.1. The molecule has 0 radical (unpaired) electrons. The molecule has 2 aromatic carbocycles. The van der Waals surface area contributed by atoms with Crippen LogP contribution in [0.1, 0.15) is 30.1 Å². The van der Waals surface area contributed by atoms with Gasteiger partial charge < -0.3 is 10.1 Å². The quantitative estimate of drug-likeness (QED) is 0.756. The van der Waals surface area contributed by atoms with Crippen molar-refractivity contribution in [1.82, 2.24) is 0 Å². The maximum absolute atomic E-state index is 12.4. The third-order valence-electron chi connectivity index (χ3n) is 3.01. The summed E-state index contributed by atoms with van der Waals surface area (Å²) in [6, 6.07) is 14.8. The van der Waals surface area contributed by atoms with Crippen molar-refractivity contribution in [3.8, 4) is 5.75 Å². The molecule has 110 valence electrons. The van der Waals surface area contributed by atoms with Gasteiger partial charge in [-0.3, -0.25) is 4.79 Å². The summed E-state index contributed by atoms with van der Waals surface area (Å²) >= 11 is 3.42. The Labute approximate surface area is 133 Å². The second kappa shape index (κ2) is 7.84. The average molecular weight is 348 g/mol. The normalized spacial score (nSPS) is 10.2. The average Bonchev–Trinajstić information content (AvgIpc) is 2.50. The Morgan fingerprint density at radius 3 is 2.62 bits per heavy atom. The van der Waals surface area contributed by atoms with Crippen molar-refractivity contribution < 1.29 is 9.53 Å². The first-order valence-electron chi connectivity index (χ1n) is 7.00. The van der Waals surface area contributed by atoms with E-state index in [4.69, 9.17) is 4.74 Å². The third kappa shape index (κ3) is 4.33. The Bertz CT molecular complexity index is 613.